The van der Waals surface area contributed by atoms with Crippen LogP contribution in [0, 0.1) is 0 Å². The van der Waals surface area contributed by atoms with Crippen molar-refractivity contribution >= 4 is 16.5 Å². The average molecular weight is 404 g/mol. The highest BCUT2D eigenvalue weighted by atomic mass is 32.1. The Balaban J connectivity index is 1.33. The molecule has 4 heterocycles. The summed E-state index contributed by atoms with van der Waals surface area (Å²) in [6.07, 6.45) is 0.932. The predicted octanol–water partition coefficient (Wildman–Crippen LogP) is 1.89. The van der Waals surface area contributed by atoms with Crippen molar-refractivity contribution in [3.05, 3.63) is 38.8 Å². The van der Waals surface area contributed by atoms with E-state index in [2.05, 4.69) is 35.7 Å². The van der Waals surface area contributed by atoms with Gasteiger partial charge in [0.15, 0.2) is 5.13 Å². The summed E-state index contributed by atoms with van der Waals surface area (Å²) in [5.41, 5.74) is 2.09. The minimum atomic E-state index is -0.0566. The highest BCUT2D eigenvalue weighted by molar-refractivity contribution is 7.15. The van der Waals surface area contributed by atoms with Crippen LogP contribution >= 0.6 is 11.3 Å². The third kappa shape index (κ3) is 4.29. The average Bonchev–Trinajstić information content (AvgIpc) is 3.11. The molecule has 152 valence electrons. The summed E-state index contributed by atoms with van der Waals surface area (Å²) in [5.74, 6) is 0. The first-order chi connectivity index (χ1) is 13.4. The number of aromatic nitrogens is 3. The lowest BCUT2D eigenvalue weighted by molar-refractivity contribution is 0.112. The van der Waals surface area contributed by atoms with Gasteiger partial charge in [0, 0.05) is 50.6 Å². The van der Waals surface area contributed by atoms with Crippen molar-refractivity contribution < 1.29 is 4.74 Å². The second kappa shape index (κ2) is 7.93. The highest BCUT2D eigenvalue weighted by Crippen LogP contribution is 2.30. The Morgan fingerprint density at radius 3 is 2.64 bits per heavy atom. The van der Waals surface area contributed by atoms with E-state index in [-0.39, 0.29) is 11.0 Å². The molecule has 0 N–H and O–H groups in total. The number of piperazine rings is 1. The van der Waals surface area contributed by atoms with Crippen LogP contribution in [0.1, 0.15) is 37.0 Å². The Labute approximate surface area is 169 Å². The number of nitrogens with zero attached hydrogens (tertiary/aromatic N) is 5. The molecule has 0 atom stereocenters. The summed E-state index contributed by atoms with van der Waals surface area (Å²) in [6, 6.07) is 3.48. The Bertz CT molecular complexity index is 854. The molecular formula is C20H29N5O2S. The van der Waals surface area contributed by atoms with E-state index in [1.54, 1.807) is 22.1 Å². The zero-order valence-corrected chi connectivity index (χ0v) is 17.8. The molecular weight excluding hydrogens is 374 g/mol. The fourth-order valence-electron chi connectivity index (χ4n) is 3.55. The topological polar surface area (TPSA) is 63.5 Å². The lowest BCUT2D eigenvalue weighted by Crippen LogP contribution is -2.47. The van der Waals surface area contributed by atoms with E-state index in [9.17, 15) is 4.79 Å². The number of thiazole rings is 1. The van der Waals surface area contributed by atoms with Crippen molar-refractivity contribution in [2.45, 2.75) is 45.8 Å². The number of anilines is 1. The van der Waals surface area contributed by atoms with Crippen LogP contribution in [-0.4, -0.2) is 59.0 Å². The van der Waals surface area contributed by atoms with Gasteiger partial charge in [0.25, 0.3) is 5.56 Å². The van der Waals surface area contributed by atoms with Crippen molar-refractivity contribution in [2.75, 3.05) is 44.2 Å². The SMILES string of the molecule is CC(C)(C)c1ccc(=O)n(CCN2CCN(c3nc4c(s3)COCC4)CC2)n1. The van der Waals surface area contributed by atoms with Crippen LogP contribution in [0.5, 0.6) is 0 Å². The Hall–Kier alpha value is -1.77. The third-order valence-corrected chi connectivity index (χ3v) is 6.52. The molecule has 0 aliphatic carbocycles. The van der Waals surface area contributed by atoms with E-state index in [0.717, 1.165) is 56.6 Å². The molecule has 1 fully saturated rings. The molecule has 2 aromatic rings. The number of hydrogen-bond acceptors (Lipinski definition) is 7. The lowest BCUT2D eigenvalue weighted by atomic mass is 9.92. The van der Waals surface area contributed by atoms with Crippen molar-refractivity contribution in [3.8, 4) is 0 Å². The molecule has 0 aromatic carbocycles. The molecule has 2 aliphatic rings. The summed E-state index contributed by atoms with van der Waals surface area (Å²) in [5, 5.41) is 5.71. The van der Waals surface area contributed by atoms with Gasteiger partial charge in [0.2, 0.25) is 0 Å². The molecule has 0 saturated carbocycles. The van der Waals surface area contributed by atoms with Crippen molar-refractivity contribution in [1.29, 1.82) is 0 Å². The molecule has 0 bridgehead atoms. The fourth-order valence-corrected chi connectivity index (χ4v) is 4.65. The van der Waals surface area contributed by atoms with Crippen LogP contribution in [0.3, 0.4) is 0 Å². The standard InChI is InChI=1S/C20H29N5O2S/c1-20(2,3)17-4-5-18(26)25(22-17)12-9-23-7-10-24(11-8-23)19-21-15-6-13-27-14-16(15)28-19/h4-5H,6-14H2,1-3H3. The summed E-state index contributed by atoms with van der Waals surface area (Å²) >= 11 is 1.77. The number of fused-ring (bicyclic) bond motifs is 1. The van der Waals surface area contributed by atoms with Gasteiger partial charge in [-0.2, -0.15) is 5.10 Å². The van der Waals surface area contributed by atoms with Gasteiger partial charge in [-0.1, -0.05) is 32.1 Å². The smallest absolute Gasteiger partial charge is 0.266 e. The quantitative estimate of drug-likeness (QED) is 0.777. The summed E-state index contributed by atoms with van der Waals surface area (Å²) in [6.45, 7) is 13.2. The van der Waals surface area contributed by atoms with Gasteiger partial charge in [-0.05, 0) is 6.07 Å². The highest BCUT2D eigenvalue weighted by Gasteiger charge is 2.23. The van der Waals surface area contributed by atoms with Crippen LogP contribution in [-0.2, 0) is 29.7 Å². The molecule has 0 unspecified atom stereocenters. The molecule has 0 radical (unpaired) electrons. The van der Waals surface area contributed by atoms with Crippen molar-refractivity contribution in [1.82, 2.24) is 19.7 Å². The molecule has 28 heavy (non-hydrogen) atoms. The Morgan fingerprint density at radius 2 is 1.93 bits per heavy atom. The zero-order valence-electron chi connectivity index (χ0n) is 17.0. The number of ether oxygens (including phenoxy) is 1. The van der Waals surface area contributed by atoms with Crippen molar-refractivity contribution in [2.24, 2.45) is 0 Å². The van der Waals surface area contributed by atoms with E-state index in [1.807, 2.05) is 6.07 Å². The number of rotatable bonds is 4. The second-order valence-electron chi connectivity index (χ2n) is 8.53. The van der Waals surface area contributed by atoms with Gasteiger partial charge in [-0.15, -0.1) is 0 Å². The van der Waals surface area contributed by atoms with E-state index in [4.69, 9.17) is 9.72 Å². The Kier molecular flexibility index (Phi) is 5.53. The summed E-state index contributed by atoms with van der Waals surface area (Å²) in [4.78, 5) is 23.1. The molecule has 0 amide bonds. The maximum Gasteiger partial charge on any atom is 0.266 e. The minimum Gasteiger partial charge on any atom is -0.375 e. The van der Waals surface area contributed by atoms with Crippen molar-refractivity contribution in [3.63, 3.8) is 0 Å². The summed E-state index contributed by atoms with van der Waals surface area (Å²) in [7, 11) is 0. The van der Waals surface area contributed by atoms with E-state index in [1.165, 1.54) is 10.6 Å². The maximum absolute atomic E-state index is 12.2. The fraction of sp³-hybridized carbons (Fsp3) is 0.650. The van der Waals surface area contributed by atoms with Crippen LogP contribution in [0.4, 0.5) is 5.13 Å². The van der Waals surface area contributed by atoms with E-state index >= 15 is 0 Å². The molecule has 7 nitrogen and oxygen atoms in total. The van der Waals surface area contributed by atoms with Gasteiger partial charge in [-0.25, -0.2) is 9.67 Å². The predicted molar refractivity (Wildman–Crippen MR) is 111 cm³/mol. The van der Waals surface area contributed by atoms with Gasteiger partial charge in [0.1, 0.15) is 0 Å². The first-order valence-electron chi connectivity index (χ1n) is 10.0. The normalized spacial score (nSPS) is 18.3. The van der Waals surface area contributed by atoms with Gasteiger partial charge >= 0.3 is 0 Å². The van der Waals surface area contributed by atoms with Gasteiger partial charge in [-0.3, -0.25) is 9.69 Å². The first-order valence-corrected chi connectivity index (χ1v) is 10.8. The molecule has 2 aromatic heterocycles. The lowest BCUT2D eigenvalue weighted by Gasteiger charge is -2.34. The minimum absolute atomic E-state index is 0.0257. The number of hydrogen-bond donors (Lipinski definition) is 0. The van der Waals surface area contributed by atoms with Gasteiger partial charge < -0.3 is 9.64 Å². The van der Waals surface area contributed by atoms with E-state index in [0.29, 0.717) is 13.2 Å². The first kappa shape index (κ1) is 19.5. The maximum atomic E-state index is 12.2. The monoisotopic (exact) mass is 403 g/mol. The molecule has 1 saturated heterocycles. The molecule has 2 aliphatic heterocycles. The van der Waals surface area contributed by atoms with E-state index < -0.39 is 0 Å². The van der Waals surface area contributed by atoms with Crippen LogP contribution in [0.2, 0.25) is 0 Å². The van der Waals surface area contributed by atoms with Crippen LogP contribution in [0.15, 0.2) is 16.9 Å². The largest absolute Gasteiger partial charge is 0.375 e. The van der Waals surface area contributed by atoms with Crippen LogP contribution < -0.4 is 10.5 Å². The molecule has 0 spiro atoms. The second-order valence-corrected chi connectivity index (χ2v) is 9.59. The molecule has 4 rings (SSSR count). The summed E-state index contributed by atoms with van der Waals surface area (Å²) < 4.78 is 7.15. The van der Waals surface area contributed by atoms with Gasteiger partial charge in [0.05, 0.1) is 36.0 Å². The molecule has 8 heteroatoms. The Morgan fingerprint density at radius 1 is 1.14 bits per heavy atom. The van der Waals surface area contributed by atoms with Crippen LogP contribution in [0.25, 0.3) is 0 Å². The zero-order chi connectivity index (χ0) is 19.7. The third-order valence-electron chi connectivity index (χ3n) is 5.39.